The zero-order chi connectivity index (χ0) is 8.69. The van der Waals surface area contributed by atoms with Gasteiger partial charge in [0, 0.05) is 5.97 Å². The predicted octanol–water partition coefficient (Wildman–Crippen LogP) is -1.65. The molecule has 0 radical (unpaired) electrons. The van der Waals surface area contributed by atoms with Gasteiger partial charge in [-0.3, -0.25) is 0 Å². The molecule has 0 amide bonds. The fourth-order valence-electron chi connectivity index (χ4n) is 1.18. The molecule has 0 saturated heterocycles. The summed E-state index contributed by atoms with van der Waals surface area (Å²) in [5.74, 6) is -1.08. The summed E-state index contributed by atoms with van der Waals surface area (Å²) in [4.78, 5) is 10.5. The predicted molar refractivity (Wildman–Crippen MR) is 42.9 cm³/mol. The Balaban J connectivity index is 0. The van der Waals surface area contributed by atoms with Crippen molar-refractivity contribution < 1.29 is 39.5 Å². The van der Waals surface area contributed by atoms with E-state index >= 15 is 0 Å². The van der Waals surface area contributed by atoms with Gasteiger partial charge >= 0.3 is 29.6 Å². The first-order chi connectivity index (χ1) is 5.22. The fraction of sp³-hybridized carbons (Fsp3) is 0.889. The molecular formula is C9H17NaO2. The van der Waals surface area contributed by atoms with Crippen LogP contribution in [0.3, 0.4) is 0 Å². The van der Waals surface area contributed by atoms with Gasteiger partial charge in [0.05, 0.1) is 0 Å². The van der Waals surface area contributed by atoms with Crippen LogP contribution in [0.25, 0.3) is 0 Å². The molecule has 66 valence electrons. The van der Waals surface area contributed by atoms with Crippen molar-refractivity contribution in [2.75, 3.05) is 0 Å². The van der Waals surface area contributed by atoms with Crippen LogP contribution in [0.1, 0.15) is 46.0 Å². The van der Waals surface area contributed by atoms with E-state index in [1.165, 1.54) is 0 Å². The second-order valence-corrected chi connectivity index (χ2v) is 2.95. The van der Waals surface area contributed by atoms with Crippen molar-refractivity contribution in [1.82, 2.24) is 0 Å². The van der Waals surface area contributed by atoms with E-state index in [2.05, 4.69) is 6.92 Å². The summed E-state index contributed by atoms with van der Waals surface area (Å²) < 4.78 is 0. The molecule has 0 aromatic heterocycles. The van der Waals surface area contributed by atoms with Crippen molar-refractivity contribution in [1.29, 1.82) is 0 Å². The Bertz CT molecular complexity index is 115. The number of rotatable bonds is 6. The number of aliphatic carboxylic acids is 1. The molecule has 0 aromatic rings. The van der Waals surface area contributed by atoms with E-state index in [-0.39, 0.29) is 35.5 Å². The van der Waals surface area contributed by atoms with Crippen LogP contribution in [0.15, 0.2) is 0 Å². The first-order valence-electron chi connectivity index (χ1n) is 4.43. The van der Waals surface area contributed by atoms with Crippen LogP contribution in [0, 0.1) is 5.92 Å². The summed E-state index contributed by atoms with van der Waals surface area (Å²) in [5.41, 5.74) is 0. The molecule has 12 heavy (non-hydrogen) atoms. The Hall–Kier alpha value is 0.470. The maximum atomic E-state index is 10.5. The monoisotopic (exact) mass is 180 g/mol. The Morgan fingerprint density at radius 2 is 1.83 bits per heavy atom. The molecule has 0 aliphatic carbocycles. The van der Waals surface area contributed by atoms with Crippen LogP contribution in [0.2, 0.25) is 0 Å². The third kappa shape index (κ3) is 7.14. The third-order valence-electron chi connectivity index (χ3n) is 1.88. The zero-order valence-corrected chi connectivity index (χ0v) is 10.4. The van der Waals surface area contributed by atoms with Gasteiger partial charge in [0.15, 0.2) is 0 Å². The number of hydrogen-bond donors (Lipinski definition) is 0. The van der Waals surface area contributed by atoms with Crippen molar-refractivity contribution in [2.45, 2.75) is 46.0 Å². The topological polar surface area (TPSA) is 40.1 Å². The number of unbranched alkanes of at least 4 members (excludes halogenated alkanes) is 1. The van der Waals surface area contributed by atoms with Gasteiger partial charge in [-0.1, -0.05) is 33.1 Å². The molecule has 0 spiro atoms. The second kappa shape index (κ2) is 9.56. The molecule has 3 heteroatoms. The minimum atomic E-state index is -0.875. The average molecular weight is 180 g/mol. The molecule has 2 nitrogen and oxygen atoms in total. The first-order valence-corrected chi connectivity index (χ1v) is 4.43. The molecule has 0 fully saturated rings. The molecule has 0 bridgehead atoms. The van der Waals surface area contributed by atoms with Gasteiger partial charge in [0.25, 0.3) is 0 Å². The molecule has 1 unspecified atom stereocenters. The molecule has 0 aliphatic rings. The van der Waals surface area contributed by atoms with E-state index in [9.17, 15) is 9.90 Å². The summed E-state index contributed by atoms with van der Waals surface area (Å²) in [6.45, 7) is 4.07. The number of hydrogen-bond acceptors (Lipinski definition) is 2. The van der Waals surface area contributed by atoms with Crippen LogP contribution in [0.4, 0.5) is 0 Å². The smallest absolute Gasteiger partial charge is 0.550 e. The van der Waals surface area contributed by atoms with Crippen LogP contribution in [0.5, 0.6) is 0 Å². The van der Waals surface area contributed by atoms with E-state index in [0.29, 0.717) is 0 Å². The van der Waals surface area contributed by atoms with Crippen molar-refractivity contribution in [2.24, 2.45) is 5.92 Å². The Morgan fingerprint density at radius 3 is 2.17 bits per heavy atom. The van der Waals surface area contributed by atoms with Gasteiger partial charge in [-0.2, -0.15) is 0 Å². The molecule has 0 aromatic carbocycles. The zero-order valence-electron chi connectivity index (χ0n) is 8.43. The Labute approximate surface area is 97.0 Å². The standard InChI is InChI=1S/C9H18O2.Na/c1-3-5-7-8(6-4-2)9(10)11;/h8H,3-7H2,1-2H3,(H,10,11);/q;+1/p-1. The largest absolute Gasteiger partial charge is 1.00 e. The second-order valence-electron chi connectivity index (χ2n) is 2.95. The van der Waals surface area contributed by atoms with Gasteiger partial charge in [0.2, 0.25) is 0 Å². The molecule has 0 saturated carbocycles. The Morgan fingerprint density at radius 1 is 1.25 bits per heavy atom. The van der Waals surface area contributed by atoms with Crippen molar-refractivity contribution in [3.63, 3.8) is 0 Å². The van der Waals surface area contributed by atoms with Crippen LogP contribution < -0.4 is 34.7 Å². The maximum Gasteiger partial charge on any atom is 1.00 e. The minimum absolute atomic E-state index is 0. The number of carboxylic acid groups (broad SMARTS) is 1. The summed E-state index contributed by atoms with van der Waals surface area (Å²) in [6.07, 6.45) is 4.55. The van der Waals surface area contributed by atoms with E-state index in [0.717, 1.165) is 32.1 Å². The van der Waals surface area contributed by atoms with E-state index in [4.69, 9.17) is 0 Å². The molecule has 0 rings (SSSR count). The molecular weight excluding hydrogens is 163 g/mol. The summed E-state index contributed by atoms with van der Waals surface area (Å²) >= 11 is 0. The van der Waals surface area contributed by atoms with E-state index in [1.54, 1.807) is 0 Å². The minimum Gasteiger partial charge on any atom is -0.550 e. The van der Waals surface area contributed by atoms with Crippen molar-refractivity contribution in [3.05, 3.63) is 0 Å². The summed E-state index contributed by atoms with van der Waals surface area (Å²) in [5, 5.41) is 10.5. The molecule has 0 heterocycles. The number of carbonyl (C=O) groups excluding carboxylic acids is 1. The van der Waals surface area contributed by atoms with E-state index in [1.807, 2.05) is 6.92 Å². The van der Waals surface area contributed by atoms with Crippen molar-refractivity contribution >= 4 is 5.97 Å². The van der Waals surface area contributed by atoms with Crippen LogP contribution >= 0.6 is 0 Å². The quantitative estimate of drug-likeness (QED) is 0.459. The van der Waals surface area contributed by atoms with E-state index < -0.39 is 5.97 Å². The summed E-state index contributed by atoms with van der Waals surface area (Å²) in [7, 11) is 0. The van der Waals surface area contributed by atoms with Gasteiger partial charge in [-0.05, 0) is 18.8 Å². The molecule has 0 N–H and O–H groups in total. The number of carbonyl (C=O) groups is 1. The van der Waals surface area contributed by atoms with Gasteiger partial charge < -0.3 is 9.90 Å². The summed E-state index contributed by atoms with van der Waals surface area (Å²) in [6, 6.07) is 0. The first kappa shape index (κ1) is 15.0. The SMILES string of the molecule is CCCCC(CCC)C(=O)[O-].[Na+]. The van der Waals surface area contributed by atoms with Gasteiger partial charge in [-0.15, -0.1) is 0 Å². The van der Waals surface area contributed by atoms with Gasteiger partial charge in [-0.25, -0.2) is 0 Å². The van der Waals surface area contributed by atoms with Crippen LogP contribution in [-0.4, -0.2) is 5.97 Å². The van der Waals surface area contributed by atoms with Gasteiger partial charge in [0.1, 0.15) is 0 Å². The fourth-order valence-corrected chi connectivity index (χ4v) is 1.18. The maximum absolute atomic E-state index is 10.5. The van der Waals surface area contributed by atoms with Crippen LogP contribution in [-0.2, 0) is 4.79 Å². The normalized spacial score (nSPS) is 11.8. The number of carboxylic acids is 1. The van der Waals surface area contributed by atoms with Crippen molar-refractivity contribution in [3.8, 4) is 0 Å². The Kier molecular flexibility index (Phi) is 11.9. The third-order valence-corrected chi connectivity index (χ3v) is 1.88. The molecule has 0 aliphatic heterocycles. The average Bonchev–Trinajstić information content (AvgIpc) is 1.97. The molecule has 1 atom stereocenters.